The van der Waals surface area contributed by atoms with Gasteiger partial charge in [0.15, 0.2) is 0 Å². The van der Waals surface area contributed by atoms with Crippen LogP contribution in [0.1, 0.15) is 51.9 Å². The molecule has 0 aromatic carbocycles. The van der Waals surface area contributed by atoms with Crippen molar-refractivity contribution in [1.29, 1.82) is 0 Å². The highest BCUT2D eigenvalue weighted by Gasteiger charge is 2.42. The summed E-state index contributed by atoms with van der Waals surface area (Å²) in [6.45, 7) is 2.04. The van der Waals surface area contributed by atoms with Crippen molar-refractivity contribution in [3.05, 3.63) is 0 Å². The van der Waals surface area contributed by atoms with Crippen LogP contribution < -0.4 is 0 Å². The van der Waals surface area contributed by atoms with Gasteiger partial charge in [-0.1, -0.05) is 19.8 Å². The lowest BCUT2D eigenvalue weighted by Gasteiger charge is -2.35. The third kappa shape index (κ3) is 2.74. The van der Waals surface area contributed by atoms with E-state index < -0.39 is 17.4 Å². The number of rotatable bonds is 5. The Kier molecular flexibility index (Phi) is 4.33. The van der Waals surface area contributed by atoms with Crippen LogP contribution in [0.3, 0.4) is 0 Å². The first-order chi connectivity index (χ1) is 7.52. The second-order valence-corrected chi connectivity index (χ2v) is 4.80. The summed E-state index contributed by atoms with van der Waals surface area (Å²) >= 11 is 0. The van der Waals surface area contributed by atoms with E-state index in [1.165, 1.54) is 0 Å². The smallest absolute Gasteiger partial charge is 0.309 e. The molecular formula is C12H20O4. The van der Waals surface area contributed by atoms with Crippen molar-refractivity contribution in [2.75, 3.05) is 0 Å². The number of carboxylic acid groups (broad SMARTS) is 2. The van der Waals surface area contributed by atoms with Crippen LogP contribution in [0.15, 0.2) is 0 Å². The third-order valence-corrected chi connectivity index (χ3v) is 3.75. The van der Waals surface area contributed by atoms with E-state index in [0.717, 1.165) is 12.8 Å². The number of aliphatic carboxylic acids is 2. The molecule has 0 unspecified atom stereocenters. The predicted molar refractivity (Wildman–Crippen MR) is 59.2 cm³/mol. The summed E-state index contributed by atoms with van der Waals surface area (Å²) in [6, 6.07) is 0. The number of unbranched alkanes of at least 4 members (excludes halogenated alkanes) is 1. The highest BCUT2D eigenvalue weighted by Crippen LogP contribution is 2.43. The van der Waals surface area contributed by atoms with Crippen molar-refractivity contribution in [1.82, 2.24) is 0 Å². The fraction of sp³-hybridized carbons (Fsp3) is 0.833. The van der Waals surface area contributed by atoms with Gasteiger partial charge in [0.2, 0.25) is 0 Å². The number of hydrogen-bond acceptors (Lipinski definition) is 2. The molecule has 4 heteroatoms. The van der Waals surface area contributed by atoms with Crippen LogP contribution in [0.5, 0.6) is 0 Å². The zero-order valence-corrected chi connectivity index (χ0v) is 9.74. The molecule has 92 valence electrons. The first kappa shape index (κ1) is 13.0. The minimum Gasteiger partial charge on any atom is -0.481 e. The van der Waals surface area contributed by atoms with Crippen molar-refractivity contribution in [3.63, 3.8) is 0 Å². The molecular weight excluding hydrogens is 208 g/mol. The molecule has 1 rings (SSSR count). The van der Waals surface area contributed by atoms with E-state index in [2.05, 4.69) is 0 Å². The van der Waals surface area contributed by atoms with Gasteiger partial charge in [0, 0.05) is 0 Å². The van der Waals surface area contributed by atoms with E-state index in [1.807, 2.05) is 6.92 Å². The summed E-state index contributed by atoms with van der Waals surface area (Å²) in [5.74, 6) is -1.87. The fourth-order valence-corrected chi connectivity index (χ4v) is 2.50. The Morgan fingerprint density at radius 3 is 2.19 bits per heavy atom. The van der Waals surface area contributed by atoms with Gasteiger partial charge in [-0.3, -0.25) is 9.59 Å². The van der Waals surface area contributed by atoms with E-state index in [-0.39, 0.29) is 5.92 Å². The molecule has 1 saturated carbocycles. The van der Waals surface area contributed by atoms with E-state index in [1.54, 1.807) is 0 Å². The van der Waals surface area contributed by atoms with Crippen LogP contribution >= 0.6 is 0 Å². The highest BCUT2D eigenvalue weighted by molar-refractivity contribution is 5.76. The molecule has 0 aromatic rings. The van der Waals surface area contributed by atoms with Crippen LogP contribution in [0, 0.1) is 11.3 Å². The maximum absolute atomic E-state index is 11.3. The number of carbonyl (C=O) groups is 2. The van der Waals surface area contributed by atoms with E-state index in [9.17, 15) is 14.7 Å². The van der Waals surface area contributed by atoms with Crippen LogP contribution in [0.2, 0.25) is 0 Å². The van der Waals surface area contributed by atoms with Crippen LogP contribution in [-0.2, 0) is 9.59 Å². The molecule has 0 saturated heterocycles. The summed E-state index contributed by atoms with van der Waals surface area (Å²) in [6.07, 6.45) is 4.61. The first-order valence-electron chi connectivity index (χ1n) is 5.98. The summed E-state index contributed by atoms with van der Waals surface area (Å²) in [7, 11) is 0. The lowest BCUT2D eigenvalue weighted by molar-refractivity contribution is -0.156. The van der Waals surface area contributed by atoms with Crippen molar-refractivity contribution in [2.45, 2.75) is 51.9 Å². The summed E-state index contributed by atoms with van der Waals surface area (Å²) in [5.41, 5.74) is -0.651. The van der Waals surface area contributed by atoms with Crippen molar-refractivity contribution < 1.29 is 19.8 Å². The van der Waals surface area contributed by atoms with Gasteiger partial charge in [-0.05, 0) is 32.1 Å². The lowest BCUT2D eigenvalue weighted by Crippen LogP contribution is -2.37. The quantitative estimate of drug-likeness (QED) is 0.758. The topological polar surface area (TPSA) is 74.6 Å². The van der Waals surface area contributed by atoms with Crippen molar-refractivity contribution in [3.8, 4) is 0 Å². The molecule has 1 fully saturated rings. The minimum absolute atomic E-state index is 0.339. The Morgan fingerprint density at radius 1 is 1.25 bits per heavy atom. The molecule has 0 bridgehead atoms. The summed E-state index contributed by atoms with van der Waals surface area (Å²) in [4.78, 5) is 22.1. The van der Waals surface area contributed by atoms with E-state index >= 15 is 0 Å². The molecule has 0 aromatic heterocycles. The Bertz CT molecular complexity index is 264. The van der Waals surface area contributed by atoms with E-state index in [4.69, 9.17) is 5.11 Å². The zero-order valence-electron chi connectivity index (χ0n) is 9.74. The minimum atomic E-state index is -0.783. The van der Waals surface area contributed by atoms with Gasteiger partial charge in [-0.2, -0.15) is 0 Å². The van der Waals surface area contributed by atoms with Gasteiger partial charge in [-0.15, -0.1) is 0 Å². The van der Waals surface area contributed by atoms with Crippen LogP contribution in [0.25, 0.3) is 0 Å². The Balaban J connectivity index is 2.62. The van der Waals surface area contributed by atoms with Gasteiger partial charge < -0.3 is 10.2 Å². The Morgan fingerprint density at radius 2 is 1.81 bits per heavy atom. The second kappa shape index (κ2) is 5.32. The molecule has 1 aliphatic rings. The van der Waals surface area contributed by atoms with Gasteiger partial charge in [-0.25, -0.2) is 0 Å². The van der Waals surface area contributed by atoms with E-state index in [0.29, 0.717) is 32.1 Å². The monoisotopic (exact) mass is 228 g/mol. The average molecular weight is 228 g/mol. The molecule has 0 atom stereocenters. The largest absolute Gasteiger partial charge is 0.481 e. The average Bonchev–Trinajstić information content (AvgIpc) is 2.26. The molecule has 0 heterocycles. The maximum atomic E-state index is 11.3. The molecule has 16 heavy (non-hydrogen) atoms. The van der Waals surface area contributed by atoms with Gasteiger partial charge in [0.25, 0.3) is 0 Å². The summed E-state index contributed by atoms with van der Waals surface area (Å²) < 4.78 is 0. The first-order valence-corrected chi connectivity index (χ1v) is 5.98. The normalized spacial score (nSPS) is 29.9. The maximum Gasteiger partial charge on any atom is 0.309 e. The molecule has 0 amide bonds. The lowest BCUT2D eigenvalue weighted by atomic mass is 9.68. The Hall–Kier alpha value is -1.06. The van der Waals surface area contributed by atoms with Crippen molar-refractivity contribution >= 4 is 11.9 Å². The summed E-state index contributed by atoms with van der Waals surface area (Å²) in [5, 5.41) is 18.2. The van der Waals surface area contributed by atoms with Crippen molar-refractivity contribution in [2.24, 2.45) is 11.3 Å². The molecule has 4 nitrogen and oxygen atoms in total. The van der Waals surface area contributed by atoms with Gasteiger partial charge >= 0.3 is 11.9 Å². The Labute approximate surface area is 95.7 Å². The van der Waals surface area contributed by atoms with Crippen LogP contribution in [0.4, 0.5) is 0 Å². The van der Waals surface area contributed by atoms with Crippen LogP contribution in [-0.4, -0.2) is 22.2 Å². The highest BCUT2D eigenvalue weighted by atomic mass is 16.4. The molecule has 0 radical (unpaired) electrons. The number of carboxylic acids is 2. The fourth-order valence-electron chi connectivity index (χ4n) is 2.50. The zero-order chi connectivity index (χ0) is 12.2. The van der Waals surface area contributed by atoms with Gasteiger partial charge in [0.05, 0.1) is 11.3 Å². The van der Waals surface area contributed by atoms with Gasteiger partial charge in [0.1, 0.15) is 0 Å². The predicted octanol–water partition coefficient (Wildman–Crippen LogP) is 2.52. The second-order valence-electron chi connectivity index (χ2n) is 4.80. The molecule has 1 aliphatic carbocycles. The molecule has 2 N–H and O–H groups in total. The molecule has 0 spiro atoms. The SMILES string of the molecule is CCCCC1(C(=O)O)CCC(C(=O)O)CC1. The third-order valence-electron chi connectivity index (χ3n) is 3.75. The number of hydrogen-bond donors (Lipinski definition) is 2. The standard InChI is InChI=1S/C12H20O4/c1-2-3-6-12(11(15)16)7-4-9(5-8-12)10(13)14/h9H,2-8H2,1H3,(H,13,14)(H,15,16). The molecule has 0 aliphatic heterocycles.